The Balaban J connectivity index is 1.74. The lowest BCUT2D eigenvalue weighted by molar-refractivity contribution is 0.0701. The van der Waals surface area contributed by atoms with Crippen LogP contribution in [0.2, 0.25) is 0 Å². The van der Waals surface area contributed by atoms with Gasteiger partial charge in [0, 0.05) is 6.54 Å². The highest BCUT2D eigenvalue weighted by Crippen LogP contribution is 2.31. The van der Waals surface area contributed by atoms with E-state index in [0.29, 0.717) is 13.2 Å². The zero-order valence-electron chi connectivity index (χ0n) is 14.5. The Morgan fingerprint density at radius 2 is 2.16 bits per heavy atom. The molecule has 0 aliphatic carbocycles. The van der Waals surface area contributed by atoms with E-state index < -0.39 is 0 Å². The molecule has 1 saturated heterocycles. The molecular weight excluding hydrogens is 321 g/mol. The van der Waals surface area contributed by atoms with Crippen molar-refractivity contribution in [3.05, 3.63) is 42.1 Å². The highest BCUT2D eigenvalue weighted by molar-refractivity contribution is 5.68. The van der Waals surface area contributed by atoms with Gasteiger partial charge in [-0.3, -0.25) is 4.90 Å². The number of carbonyl (C=O) groups excluding carboxylic acids is 1. The van der Waals surface area contributed by atoms with E-state index in [-0.39, 0.29) is 18.0 Å². The summed E-state index contributed by atoms with van der Waals surface area (Å²) in [4.78, 5) is 21.9. The molecule has 134 valence electrons. The minimum Gasteiger partial charge on any atom is -0.449 e. The first kappa shape index (κ1) is 17.5. The van der Waals surface area contributed by atoms with Crippen molar-refractivity contribution in [3.63, 3.8) is 0 Å². The van der Waals surface area contributed by atoms with Gasteiger partial charge in [0.1, 0.15) is 11.6 Å². The molecule has 1 aliphatic heterocycles. The molecular formula is C19H24FN3O2. The van der Waals surface area contributed by atoms with E-state index in [4.69, 9.17) is 4.74 Å². The van der Waals surface area contributed by atoms with E-state index in [2.05, 4.69) is 16.9 Å². The van der Waals surface area contributed by atoms with Gasteiger partial charge in [-0.15, -0.1) is 0 Å². The molecule has 5 nitrogen and oxygen atoms in total. The first-order valence-corrected chi connectivity index (χ1v) is 8.93. The lowest BCUT2D eigenvalue weighted by atomic mass is 10.0. The fourth-order valence-electron chi connectivity index (χ4n) is 3.10. The van der Waals surface area contributed by atoms with Crippen molar-refractivity contribution in [1.82, 2.24) is 14.9 Å². The van der Waals surface area contributed by atoms with Gasteiger partial charge < -0.3 is 9.72 Å². The van der Waals surface area contributed by atoms with Gasteiger partial charge in [-0.1, -0.05) is 13.3 Å². The number of unbranched alkanes of at least 4 members (excludes halogenated alkanes) is 1. The number of aromatic amines is 1. The SMILES string of the molecule is CCCCOC(=O)N1CCCCC1c1ncc(-c2ccc(F)cc2)[nH]1. The maximum absolute atomic E-state index is 13.1. The number of nitrogens with zero attached hydrogens (tertiary/aromatic N) is 2. The Morgan fingerprint density at radius 1 is 1.36 bits per heavy atom. The Morgan fingerprint density at radius 3 is 2.92 bits per heavy atom. The van der Waals surface area contributed by atoms with Crippen LogP contribution < -0.4 is 0 Å². The van der Waals surface area contributed by atoms with Crippen LogP contribution in [0.5, 0.6) is 0 Å². The van der Waals surface area contributed by atoms with E-state index in [9.17, 15) is 9.18 Å². The molecule has 0 spiro atoms. The third-order valence-electron chi connectivity index (χ3n) is 4.53. The van der Waals surface area contributed by atoms with Crippen LogP contribution in [0.15, 0.2) is 30.5 Å². The molecule has 2 aromatic rings. The fraction of sp³-hybridized carbons (Fsp3) is 0.474. The number of hydrogen-bond acceptors (Lipinski definition) is 3. The normalized spacial score (nSPS) is 17.5. The van der Waals surface area contributed by atoms with Crippen molar-refractivity contribution in [3.8, 4) is 11.3 Å². The number of hydrogen-bond donors (Lipinski definition) is 1. The van der Waals surface area contributed by atoms with Crippen LogP contribution in [-0.2, 0) is 4.74 Å². The van der Waals surface area contributed by atoms with Crippen LogP contribution in [0.25, 0.3) is 11.3 Å². The average molecular weight is 345 g/mol. The maximum atomic E-state index is 13.1. The smallest absolute Gasteiger partial charge is 0.410 e. The summed E-state index contributed by atoms with van der Waals surface area (Å²) in [7, 11) is 0. The molecule has 1 unspecified atom stereocenters. The number of H-pyrrole nitrogens is 1. The highest BCUT2D eigenvalue weighted by atomic mass is 19.1. The topological polar surface area (TPSA) is 58.2 Å². The van der Waals surface area contributed by atoms with Gasteiger partial charge in [0.2, 0.25) is 0 Å². The highest BCUT2D eigenvalue weighted by Gasteiger charge is 2.31. The second-order valence-corrected chi connectivity index (χ2v) is 6.36. The number of aromatic nitrogens is 2. The van der Waals surface area contributed by atoms with Crippen molar-refractivity contribution >= 4 is 6.09 Å². The fourth-order valence-corrected chi connectivity index (χ4v) is 3.10. The van der Waals surface area contributed by atoms with Crippen LogP contribution >= 0.6 is 0 Å². The third-order valence-corrected chi connectivity index (χ3v) is 4.53. The molecule has 3 rings (SSSR count). The molecule has 1 aromatic carbocycles. The molecule has 1 atom stereocenters. The van der Waals surface area contributed by atoms with Gasteiger partial charge >= 0.3 is 6.09 Å². The minimum absolute atomic E-state index is 0.0999. The van der Waals surface area contributed by atoms with Crippen LogP contribution in [0, 0.1) is 5.82 Å². The second-order valence-electron chi connectivity index (χ2n) is 6.36. The molecule has 2 heterocycles. The van der Waals surface area contributed by atoms with Crippen molar-refractivity contribution in [2.45, 2.75) is 45.1 Å². The van der Waals surface area contributed by atoms with Crippen LogP contribution in [-0.4, -0.2) is 34.1 Å². The molecule has 1 amide bonds. The van der Waals surface area contributed by atoms with Gasteiger partial charge in [-0.25, -0.2) is 14.2 Å². The van der Waals surface area contributed by atoms with E-state index in [1.807, 2.05) is 0 Å². The quantitative estimate of drug-likeness (QED) is 0.801. The summed E-state index contributed by atoms with van der Waals surface area (Å²) in [6, 6.07) is 6.17. The summed E-state index contributed by atoms with van der Waals surface area (Å²) in [6.07, 6.45) is 6.23. The summed E-state index contributed by atoms with van der Waals surface area (Å²) >= 11 is 0. The number of halogens is 1. The molecule has 0 bridgehead atoms. The van der Waals surface area contributed by atoms with E-state index in [1.165, 1.54) is 12.1 Å². The predicted molar refractivity (Wildman–Crippen MR) is 93.5 cm³/mol. The van der Waals surface area contributed by atoms with Crippen molar-refractivity contribution < 1.29 is 13.9 Å². The number of likely N-dealkylation sites (tertiary alicyclic amines) is 1. The molecule has 25 heavy (non-hydrogen) atoms. The largest absolute Gasteiger partial charge is 0.449 e. The molecule has 0 radical (unpaired) electrons. The molecule has 6 heteroatoms. The monoisotopic (exact) mass is 345 g/mol. The second kappa shape index (κ2) is 8.14. The summed E-state index contributed by atoms with van der Waals surface area (Å²) < 4.78 is 18.5. The standard InChI is InChI=1S/C19H24FN3O2/c1-2-3-12-25-19(24)23-11-5-4-6-17(23)18-21-13-16(22-18)14-7-9-15(20)10-8-14/h7-10,13,17H,2-6,11-12H2,1H3,(H,21,22). The zero-order valence-corrected chi connectivity index (χ0v) is 14.5. The van der Waals surface area contributed by atoms with Gasteiger partial charge in [0.25, 0.3) is 0 Å². The van der Waals surface area contributed by atoms with Gasteiger partial charge in [-0.2, -0.15) is 0 Å². The van der Waals surface area contributed by atoms with E-state index in [1.54, 1.807) is 23.2 Å². The zero-order chi connectivity index (χ0) is 17.6. The van der Waals surface area contributed by atoms with Crippen molar-refractivity contribution in [2.24, 2.45) is 0 Å². The number of carbonyl (C=O) groups is 1. The Kier molecular flexibility index (Phi) is 5.68. The minimum atomic E-state index is -0.267. The Bertz CT molecular complexity index is 699. The average Bonchev–Trinajstić information content (AvgIpc) is 3.12. The first-order valence-electron chi connectivity index (χ1n) is 8.93. The van der Waals surface area contributed by atoms with Gasteiger partial charge in [0.15, 0.2) is 0 Å². The Labute approximate surface area is 147 Å². The lowest BCUT2D eigenvalue weighted by Crippen LogP contribution is -2.39. The number of amides is 1. The summed E-state index contributed by atoms with van der Waals surface area (Å²) in [5.41, 5.74) is 1.69. The van der Waals surface area contributed by atoms with Gasteiger partial charge in [0.05, 0.1) is 24.5 Å². The number of rotatable bonds is 5. The van der Waals surface area contributed by atoms with Crippen molar-refractivity contribution in [2.75, 3.05) is 13.2 Å². The molecule has 1 aromatic heterocycles. The third kappa shape index (κ3) is 4.18. The van der Waals surface area contributed by atoms with Crippen LogP contribution in [0.1, 0.15) is 50.9 Å². The van der Waals surface area contributed by atoms with E-state index in [0.717, 1.165) is 49.2 Å². The summed E-state index contributed by atoms with van der Waals surface area (Å²) in [5, 5.41) is 0. The van der Waals surface area contributed by atoms with Crippen LogP contribution in [0.4, 0.5) is 9.18 Å². The van der Waals surface area contributed by atoms with E-state index >= 15 is 0 Å². The summed E-state index contributed by atoms with van der Waals surface area (Å²) in [6.45, 7) is 3.21. The number of imidazole rings is 1. The molecule has 0 saturated carbocycles. The molecule has 1 N–H and O–H groups in total. The van der Waals surface area contributed by atoms with Gasteiger partial charge in [-0.05, 0) is 55.5 Å². The number of piperidine rings is 1. The lowest BCUT2D eigenvalue weighted by Gasteiger charge is -2.33. The Hall–Kier alpha value is -2.37. The maximum Gasteiger partial charge on any atom is 0.410 e. The molecule has 1 aliphatic rings. The first-order chi connectivity index (χ1) is 12.2. The predicted octanol–water partition coefficient (Wildman–Crippen LogP) is 4.68. The molecule has 1 fully saturated rings. The number of benzene rings is 1. The number of nitrogens with one attached hydrogen (secondary N) is 1. The number of ether oxygens (including phenoxy) is 1. The summed E-state index contributed by atoms with van der Waals surface area (Å²) in [5.74, 6) is 0.489. The van der Waals surface area contributed by atoms with Crippen LogP contribution in [0.3, 0.4) is 0 Å². The van der Waals surface area contributed by atoms with Crippen molar-refractivity contribution in [1.29, 1.82) is 0 Å².